The summed E-state index contributed by atoms with van der Waals surface area (Å²) >= 11 is 0. The zero-order valence-corrected chi connectivity index (χ0v) is 13.7. The van der Waals surface area contributed by atoms with E-state index in [2.05, 4.69) is 10.5 Å². The van der Waals surface area contributed by atoms with Crippen molar-refractivity contribution in [2.24, 2.45) is 5.10 Å². The van der Waals surface area contributed by atoms with Crippen LogP contribution in [0.4, 0.5) is 5.69 Å². The van der Waals surface area contributed by atoms with Crippen molar-refractivity contribution in [3.63, 3.8) is 0 Å². The fourth-order valence-corrected chi connectivity index (χ4v) is 2.30. The number of nitrogens with one attached hydrogen (secondary N) is 1. The zero-order chi connectivity index (χ0) is 17.3. The van der Waals surface area contributed by atoms with E-state index < -0.39 is 0 Å². The molecule has 0 heterocycles. The van der Waals surface area contributed by atoms with E-state index in [1.807, 2.05) is 78.9 Å². The van der Waals surface area contributed by atoms with E-state index in [0.29, 0.717) is 11.3 Å². The Morgan fingerprint density at radius 2 is 1.20 bits per heavy atom. The van der Waals surface area contributed by atoms with Crippen molar-refractivity contribution in [3.05, 3.63) is 114 Å². The highest BCUT2D eigenvalue weighted by molar-refractivity contribution is 6.14. The molecule has 0 bridgehead atoms. The Morgan fingerprint density at radius 3 is 1.80 bits per heavy atom. The molecule has 122 valence electrons. The predicted molar refractivity (Wildman–Crippen MR) is 103 cm³/mol. The van der Waals surface area contributed by atoms with Crippen LogP contribution >= 0.6 is 0 Å². The van der Waals surface area contributed by atoms with Crippen LogP contribution in [0, 0.1) is 0 Å². The molecule has 0 fully saturated rings. The van der Waals surface area contributed by atoms with Crippen molar-refractivity contribution in [2.45, 2.75) is 0 Å². The molecule has 0 spiro atoms. The Hall–Kier alpha value is -3.46. The monoisotopic (exact) mass is 326 g/mol. The van der Waals surface area contributed by atoms with Crippen LogP contribution in [0.1, 0.15) is 15.9 Å². The van der Waals surface area contributed by atoms with Gasteiger partial charge in [0.25, 0.3) is 0 Å². The van der Waals surface area contributed by atoms with Gasteiger partial charge in [-0.25, -0.2) is 0 Å². The number of para-hydroxylation sites is 1. The van der Waals surface area contributed by atoms with Gasteiger partial charge >= 0.3 is 0 Å². The number of hydrogen-bond donors (Lipinski definition) is 1. The SMILES string of the molecule is O=C(/C=C/C(=N\Nc1ccccc1)c1ccccc1)c1ccccc1. The summed E-state index contributed by atoms with van der Waals surface area (Å²) in [4.78, 5) is 12.3. The molecule has 0 atom stereocenters. The van der Waals surface area contributed by atoms with Crippen LogP contribution in [0.3, 0.4) is 0 Å². The smallest absolute Gasteiger partial charge is 0.185 e. The lowest BCUT2D eigenvalue weighted by molar-refractivity contribution is 0.104. The molecule has 0 amide bonds. The molecule has 0 saturated carbocycles. The number of anilines is 1. The number of nitrogens with zero attached hydrogens (tertiary/aromatic N) is 1. The fraction of sp³-hybridized carbons (Fsp3) is 0. The Labute approximate surface area is 147 Å². The fourth-order valence-electron chi connectivity index (χ4n) is 2.30. The third kappa shape index (κ3) is 4.75. The summed E-state index contributed by atoms with van der Waals surface area (Å²) in [5.74, 6) is -0.0519. The largest absolute Gasteiger partial charge is 0.289 e. The van der Waals surface area contributed by atoms with Crippen LogP contribution in [-0.4, -0.2) is 11.5 Å². The van der Waals surface area contributed by atoms with Gasteiger partial charge in [0.1, 0.15) is 0 Å². The number of rotatable bonds is 6. The molecular weight excluding hydrogens is 308 g/mol. The first-order chi connectivity index (χ1) is 12.3. The minimum atomic E-state index is -0.0519. The normalized spacial score (nSPS) is 11.4. The van der Waals surface area contributed by atoms with E-state index >= 15 is 0 Å². The van der Waals surface area contributed by atoms with Gasteiger partial charge in [-0.05, 0) is 24.3 Å². The zero-order valence-electron chi connectivity index (χ0n) is 13.7. The average molecular weight is 326 g/mol. The van der Waals surface area contributed by atoms with Gasteiger partial charge in [-0.3, -0.25) is 10.2 Å². The second-order valence-corrected chi connectivity index (χ2v) is 5.40. The van der Waals surface area contributed by atoms with Crippen molar-refractivity contribution < 1.29 is 4.79 Å². The Balaban J connectivity index is 1.84. The Bertz CT molecular complexity index is 870. The summed E-state index contributed by atoms with van der Waals surface area (Å²) in [5.41, 5.74) is 6.20. The van der Waals surface area contributed by atoms with Gasteiger partial charge in [-0.15, -0.1) is 0 Å². The van der Waals surface area contributed by atoms with Gasteiger partial charge in [-0.2, -0.15) is 5.10 Å². The third-order valence-corrected chi connectivity index (χ3v) is 3.60. The van der Waals surface area contributed by atoms with Crippen LogP contribution in [0.5, 0.6) is 0 Å². The number of benzene rings is 3. The lowest BCUT2D eigenvalue weighted by Gasteiger charge is -2.04. The first-order valence-electron chi connectivity index (χ1n) is 8.04. The molecule has 3 aromatic rings. The summed E-state index contributed by atoms with van der Waals surface area (Å²) in [6, 6.07) is 28.7. The maximum atomic E-state index is 12.3. The summed E-state index contributed by atoms with van der Waals surface area (Å²) in [6.45, 7) is 0. The highest BCUT2D eigenvalue weighted by Gasteiger charge is 2.03. The molecular formula is C22H18N2O. The summed E-state index contributed by atoms with van der Waals surface area (Å²) in [5, 5.41) is 4.46. The highest BCUT2D eigenvalue weighted by Crippen LogP contribution is 2.09. The molecule has 0 radical (unpaired) electrons. The summed E-state index contributed by atoms with van der Waals surface area (Å²) in [6.07, 6.45) is 3.29. The van der Waals surface area contributed by atoms with Crippen LogP contribution in [0.2, 0.25) is 0 Å². The van der Waals surface area contributed by atoms with Crippen molar-refractivity contribution in [3.8, 4) is 0 Å². The molecule has 3 heteroatoms. The number of hydrogen-bond acceptors (Lipinski definition) is 3. The standard InChI is InChI=1S/C22H18N2O/c25-22(19-12-6-2-7-13-19)17-16-21(18-10-4-1-5-11-18)24-23-20-14-8-3-9-15-20/h1-17,23H/b17-16+,24-21+. The number of carbonyl (C=O) groups is 1. The number of allylic oxidation sites excluding steroid dienone is 2. The van der Waals surface area contributed by atoms with Crippen molar-refractivity contribution >= 4 is 17.2 Å². The summed E-state index contributed by atoms with van der Waals surface area (Å²) in [7, 11) is 0. The molecule has 0 saturated heterocycles. The quantitative estimate of drug-likeness (QED) is 0.302. The Morgan fingerprint density at radius 1 is 0.680 bits per heavy atom. The van der Waals surface area contributed by atoms with Gasteiger partial charge in [0.15, 0.2) is 5.78 Å². The van der Waals surface area contributed by atoms with Gasteiger partial charge in [0.2, 0.25) is 0 Å². The van der Waals surface area contributed by atoms with E-state index in [1.54, 1.807) is 24.3 Å². The lowest BCUT2D eigenvalue weighted by atomic mass is 10.1. The molecule has 0 aliphatic heterocycles. The second-order valence-electron chi connectivity index (χ2n) is 5.40. The lowest BCUT2D eigenvalue weighted by Crippen LogP contribution is -2.03. The molecule has 3 nitrogen and oxygen atoms in total. The predicted octanol–water partition coefficient (Wildman–Crippen LogP) is 4.94. The van der Waals surface area contributed by atoms with Gasteiger partial charge < -0.3 is 0 Å². The molecule has 0 aliphatic carbocycles. The van der Waals surface area contributed by atoms with Crippen molar-refractivity contribution in [1.29, 1.82) is 0 Å². The van der Waals surface area contributed by atoms with E-state index in [4.69, 9.17) is 0 Å². The topological polar surface area (TPSA) is 41.5 Å². The molecule has 3 aromatic carbocycles. The maximum Gasteiger partial charge on any atom is 0.185 e. The first kappa shape index (κ1) is 16.4. The molecule has 0 aromatic heterocycles. The maximum absolute atomic E-state index is 12.3. The molecule has 0 aliphatic rings. The number of carbonyl (C=O) groups excluding carboxylic acids is 1. The molecule has 1 N–H and O–H groups in total. The average Bonchev–Trinajstić information content (AvgIpc) is 2.70. The summed E-state index contributed by atoms with van der Waals surface area (Å²) < 4.78 is 0. The van der Waals surface area contributed by atoms with E-state index in [-0.39, 0.29) is 5.78 Å². The van der Waals surface area contributed by atoms with Crippen LogP contribution in [0.25, 0.3) is 0 Å². The number of ketones is 1. The minimum Gasteiger partial charge on any atom is -0.289 e. The van der Waals surface area contributed by atoms with Gasteiger partial charge in [0, 0.05) is 11.1 Å². The van der Waals surface area contributed by atoms with Gasteiger partial charge in [0.05, 0.1) is 11.4 Å². The molecule has 25 heavy (non-hydrogen) atoms. The molecule has 3 rings (SSSR count). The third-order valence-electron chi connectivity index (χ3n) is 3.60. The Kier molecular flexibility index (Phi) is 5.52. The van der Waals surface area contributed by atoms with Crippen LogP contribution in [-0.2, 0) is 0 Å². The first-order valence-corrected chi connectivity index (χ1v) is 8.04. The van der Waals surface area contributed by atoms with Gasteiger partial charge in [-0.1, -0.05) is 78.9 Å². The van der Waals surface area contributed by atoms with Crippen LogP contribution < -0.4 is 5.43 Å². The van der Waals surface area contributed by atoms with Crippen LogP contribution in [0.15, 0.2) is 108 Å². The van der Waals surface area contributed by atoms with Crippen molar-refractivity contribution in [2.75, 3.05) is 5.43 Å². The second kappa shape index (κ2) is 8.41. The highest BCUT2D eigenvalue weighted by atomic mass is 16.1. The van der Waals surface area contributed by atoms with Crippen molar-refractivity contribution in [1.82, 2.24) is 0 Å². The van der Waals surface area contributed by atoms with E-state index in [9.17, 15) is 4.79 Å². The van der Waals surface area contributed by atoms with E-state index in [1.165, 1.54) is 0 Å². The number of hydrazone groups is 1. The molecule has 0 unspecified atom stereocenters. The van der Waals surface area contributed by atoms with E-state index in [0.717, 1.165) is 11.3 Å². The minimum absolute atomic E-state index is 0.0519.